The van der Waals surface area contributed by atoms with Crippen molar-refractivity contribution in [2.75, 3.05) is 23.8 Å². The van der Waals surface area contributed by atoms with Crippen molar-refractivity contribution >= 4 is 22.4 Å². The molecular weight excluding hydrogens is 240 g/mol. The fraction of sp³-hybridized carbons (Fsp3) is 0.429. The lowest BCUT2D eigenvalue weighted by Gasteiger charge is -2.36. The Morgan fingerprint density at radius 2 is 2.21 bits per heavy atom. The van der Waals surface area contributed by atoms with Gasteiger partial charge in [0.15, 0.2) is 0 Å². The van der Waals surface area contributed by atoms with E-state index in [0.717, 1.165) is 42.5 Å². The number of piperidine rings is 1. The molecule has 0 radical (unpaired) electrons. The third-order valence-corrected chi connectivity index (χ3v) is 3.75. The molecule has 0 amide bonds. The quantitative estimate of drug-likeness (QED) is 0.800. The summed E-state index contributed by atoms with van der Waals surface area (Å²) < 4.78 is 0. The van der Waals surface area contributed by atoms with Crippen LogP contribution in [0.3, 0.4) is 0 Å². The second-order valence-corrected chi connectivity index (χ2v) is 5.00. The molecule has 2 heterocycles. The van der Waals surface area contributed by atoms with Gasteiger partial charge in [-0.05, 0) is 37.5 Å². The van der Waals surface area contributed by atoms with E-state index in [-0.39, 0.29) is 12.6 Å². The number of nitrogens with two attached hydrogens (primary N) is 1. The molecule has 5 heteroatoms. The van der Waals surface area contributed by atoms with Crippen molar-refractivity contribution in [2.45, 2.75) is 25.3 Å². The molecule has 0 aliphatic carbocycles. The zero-order chi connectivity index (χ0) is 13.2. The summed E-state index contributed by atoms with van der Waals surface area (Å²) >= 11 is 0. The minimum Gasteiger partial charge on any atom is -0.399 e. The van der Waals surface area contributed by atoms with Crippen molar-refractivity contribution in [3.8, 4) is 0 Å². The third kappa shape index (κ3) is 2.21. The smallest absolute Gasteiger partial charge is 0.140 e. The van der Waals surface area contributed by atoms with Crippen LogP contribution in [-0.2, 0) is 0 Å². The topological polar surface area (TPSA) is 75.3 Å². The Bertz CT molecular complexity index is 587. The highest BCUT2D eigenvalue weighted by Gasteiger charge is 2.24. The van der Waals surface area contributed by atoms with Gasteiger partial charge in [0, 0.05) is 17.6 Å². The average molecular weight is 258 g/mol. The molecule has 3 N–H and O–H groups in total. The predicted octanol–water partition coefficient (Wildman–Crippen LogP) is 1.56. The van der Waals surface area contributed by atoms with E-state index in [4.69, 9.17) is 5.73 Å². The number of aromatic nitrogens is 2. The number of aliphatic hydroxyl groups is 1. The summed E-state index contributed by atoms with van der Waals surface area (Å²) in [5, 5.41) is 10.5. The van der Waals surface area contributed by atoms with Gasteiger partial charge in [0.1, 0.15) is 12.1 Å². The molecule has 3 rings (SSSR count). The average Bonchev–Trinajstić information content (AvgIpc) is 2.46. The zero-order valence-electron chi connectivity index (χ0n) is 10.8. The Morgan fingerprint density at radius 1 is 1.32 bits per heavy atom. The highest BCUT2D eigenvalue weighted by molar-refractivity contribution is 5.91. The van der Waals surface area contributed by atoms with Gasteiger partial charge < -0.3 is 15.7 Å². The lowest BCUT2D eigenvalue weighted by molar-refractivity contribution is 0.239. The van der Waals surface area contributed by atoms with Gasteiger partial charge in [-0.1, -0.05) is 0 Å². The van der Waals surface area contributed by atoms with Crippen LogP contribution in [0.1, 0.15) is 19.3 Å². The van der Waals surface area contributed by atoms with Gasteiger partial charge in [-0.2, -0.15) is 0 Å². The van der Waals surface area contributed by atoms with Crippen LogP contribution in [0.5, 0.6) is 0 Å². The summed E-state index contributed by atoms with van der Waals surface area (Å²) in [5.74, 6) is 0.906. The van der Waals surface area contributed by atoms with Gasteiger partial charge in [-0.25, -0.2) is 9.97 Å². The van der Waals surface area contributed by atoms with Crippen molar-refractivity contribution < 1.29 is 5.11 Å². The standard InChI is InChI=1S/C14H18N4O/c15-10-4-5-12-13(7-10)16-9-17-14(12)18-6-2-1-3-11(18)8-19/h4-5,7,9,11,19H,1-3,6,8,15H2. The first-order valence-electron chi connectivity index (χ1n) is 6.67. The van der Waals surface area contributed by atoms with Crippen molar-refractivity contribution in [1.82, 2.24) is 9.97 Å². The molecule has 1 unspecified atom stereocenters. The van der Waals surface area contributed by atoms with Crippen LogP contribution in [0.2, 0.25) is 0 Å². The number of fused-ring (bicyclic) bond motifs is 1. The number of benzene rings is 1. The van der Waals surface area contributed by atoms with Gasteiger partial charge in [0.25, 0.3) is 0 Å². The van der Waals surface area contributed by atoms with E-state index in [1.807, 2.05) is 18.2 Å². The van der Waals surface area contributed by atoms with E-state index in [1.54, 1.807) is 6.33 Å². The van der Waals surface area contributed by atoms with Gasteiger partial charge in [0.2, 0.25) is 0 Å². The van der Waals surface area contributed by atoms with Crippen molar-refractivity contribution in [3.05, 3.63) is 24.5 Å². The maximum Gasteiger partial charge on any atom is 0.140 e. The Hall–Kier alpha value is -1.88. The number of hydrogen-bond donors (Lipinski definition) is 2. The van der Waals surface area contributed by atoms with E-state index in [2.05, 4.69) is 14.9 Å². The Kier molecular flexibility index (Phi) is 3.21. The summed E-state index contributed by atoms with van der Waals surface area (Å²) in [4.78, 5) is 10.9. The van der Waals surface area contributed by atoms with E-state index in [9.17, 15) is 5.11 Å². The first kappa shape index (κ1) is 12.2. The Labute approximate surface area is 112 Å². The molecule has 1 atom stereocenters. The van der Waals surface area contributed by atoms with E-state index in [0.29, 0.717) is 5.69 Å². The Balaban J connectivity index is 2.08. The van der Waals surface area contributed by atoms with Crippen molar-refractivity contribution in [3.63, 3.8) is 0 Å². The predicted molar refractivity (Wildman–Crippen MR) is 76.0 cm³/mol. The number of anilines is 2. The third-order valence-electron chi connectivity index (χ3n) is 3.75. The number of rotatable bonds is 2. The van der Waals surface area contributed by atoms with Gasteiger partial charge in [-0.3, -0.25) is 0 Å². The van der Waals surface area contributed by atoms with Crippen LogP contribution in [0.25, 0.3) is 10.9 Å². The fourth-order valence-electron chi connectivity index (χ4n) is 2.76. The second-order valence-electron chi connectivity index (χ2n) is 5.00. The summed E-state index contributed by atoms with van der Waals surface area (Å²) in [5.41, 5.74) is 7.35. The molecule has 1 saturated heterocycles. The van der Waals surface area contributed by atoms with Gasteiger partial charge >= 0.3 is 0 Å². The lowest BCUT2D eigenvalue weighted by atomic mass is 10.0. The monoisotopic (exact) mass is 258 g/mol. The largest absolute Gasteiger partial charge is 0.399 e. The number of aliphatic hydroxyl groups excluding tert-OH is 1. The second kappa shape index (κ2) is 5.01. The summed E-state index contributed by atoms with van der Waals surface area (Å²) in [7, 11) is 0. The maximum absolute atomic E-state index is 9.53. The van der Waals surface area contributed by atoms with E-state index < -0.39 is 0 Å². The summed E-state index contributed by atoms with van der Waals surface area (Å²) in [6.45, 7) is 1.10. The summed E-state index contributed by atoms with van der Waals surface area (Å²) in [6, 6.07) is 5.85. The molecule has 0 bridgehead atoms. The molecule has 5 nitrogen and oxygen atoms in total. The molecule has 19 heavy (non-hydrogen) atoms. The van der Waals surface area contributed by atoms with Gasteiger partial charge in [0.05, 0.1) is 18.2 Å². The van der Waals surface area contributed by atoms with Gasteiger partial charge in [-0.15, -0.1) is 0 Å². The van der Waals surface area contributed by atoms with Crippen LogP contribution < -0.4 is 10.6 Å². The minimum atomic E-state index is 0.157. The van der Waals surface area contributed by atoms with Crippen molar-refractivity contribution in [2.24, 2.45) is 0 Å². The molecule has 1 aliphatic heterocycles. The summed E-state index contributed by atoms with van der Waals surface area (Å²) in [6.07, 6.45) is 4.88. The maximum atomic E-state index is 9.53. The first-order chi connectivity index (χ1) is 9.29. The number of nitrogens with zero attached hydrogens (tertiary/aromatic N) is 3. The van der Waals surface area contributed by atoms with Crippen LogP contribution in [0.4, 0.5) is 11.5 Å². The first-order valence-corrected chi connectivity index (χ1v) is 6.67. The molecule has 2 aromatic rings. The number of nitrogen functional groups attached to an aromatic ring is 1. The normalized spacial score (nSPS) is 19.8. The molecular formula is C14H18N4O. The molecule has 1 fully saturated rings. The molecule has 1 aromatic carbocycles. The van der Waals surface area contributed by atoms with Crippen LogP contribution in [-0.4, -0.2) is 34.3 Å². The SMILES string of the molecule is Nc1ccc2c(N3CCCCC3CO)ncnc2c1. The van der Waals surface area contributed by atoms with Crippen molar-refractivity contribution in [1.29, 1.82) is 0 Å². The van der Waals surface area contributed by atoms with Crippen LogP contribution in [0, 0.1) is 0 Å². The fourth-order valence-corrected chi connectivity index (χ4v) is 2.76. The molecule has 0 saturated carbocycles. The van der Waals surface area contributed by atoms with E-state index >= 15 is 0 Å². The Morgan fingerprint density at radius 3 is 3.05 bits per heavy atom. The van der Waals surface area contributed by atoms with E-state index in [1.165, 1.54) is 0 Å². The zero-order valence-corrected chi connectivity index (χ0v) is 10.8. The number of hydrogen-bond acceptors (Lipinski definition) is 5. The van der Waals surface area contributed by atoms with Crippen LogP contribution >= 0.6 is 0 Å². The molecule has 1 aliphatic rings. The highest BCUT2D eigenvalue weighted by Crippen LogP contribution is 2.29. The molecule has 100 valence electrons. The molecule has 0 spiro atoms. The lowest BCUT2D eigenvalue weighted by Crippen LogP contribution is -2.42. The highest BCUT2D eigenvalue weighted by atomic mass is 16.3. The molecule has 1 aromatic heterocycles. The minimum absolute atomic E-state index is 0.157. The van der Waals surface area contributed by atoms with Crippen LogP contribution in [0.15, 0.2) is 24.5 Å².